The van der Waals surface area contributed by atoms with E-state index in [1.165, 1.54) is 0 Å². The van der Waals surface area contributed by atoms with Crippen LogP contribution in [-0.2, 0) is 9.53 Å². The molecule has 0 aliphatic carbocycles. The zero-order valence-electron chi connectivity index (χ0n) is 7.21. The van der Waals surface area contributed by atoms with E-state index in [1.54, 1.807) is 11.8 Å². The third kappa shape index (κ3) is 1.93. The largest absolute Gasteiger partial charge is 0.481 e. The maximum Gasteiger partial charge on any atom is 0.312 e. The van der Waals surface area contributed by atoms with Crippen LogP contribution in [0.1, 0.15) is 12.8 Å². The van der Waals surface area contributed by atoms with Gasteiger partial charge in [-0.05, 0) is 24.9 Å². The number of carboxylic acid groups (broad SMARTS) is 1. The van der Waals surface area contributed by atoms with Gasteiger partial charge in [0.05, 0.1) is 12.0 Å². The van der Waals surface area contributed by atoms with Gasteiger partial charge in [0, 0.05) is 6.61 Å². The first-order valence-corrected chi connectivity index (χ1v) is 5.41. The third-order valence-electron chi connectivity index (χ3n) is 2.34. The summed E-state index contributed by atoms with van der Waals surface area (Å²) in [5.41, 5.74) is -0.580. The highest BCUT2D eigenvalue weighted by atomic mass is 32.2. The van der Waals surface area contributed by atoms with Crippen molar-refractivity contribution in [3.05, 3.63) is 0 Å². The summed E-state index contributed by atoms with van der Waals surface area (Å²) in [4.78, 5) is 10.9. The third-order valence-corrected chi connectivity index (χ3v) is 2.95. The van der Waals surface area contributed by atoms with Crippen LogP contribution in [0.3, 0.4) is 0 Å². The first-order chi connectivity index (χ1) is 5.71. The SMILES string of the molecule is CSCCC1(C(=O)O)CCOC1. The van der Waals surface area contributed by atoms with Crippen LogP contribution in [0, 0.1) is 5.41 Å². The summed E-state index contributed by atoms with van der Waals surface area (Å²) in [6, 6.07) is 0. The molecule has 0 bridgehead atoms. The maximum atomic E-state index is 10.9. The van der Waals surface area contributed by atoms with Crippen LogP contribution in [0.5, 0.6) is 0 Å². The fourth-order valence-corrected chi connectivity index (χ4v) is 1.97. The highest BCUT2D eigenvalue weighted by Crippen LogP contribution is 2.33. The molecular weight excluding hydrogens is 176 g/mol. The maximum absolute atomic E-state index is 10.9. The number of hydrogen-bond donors (Lipinski definition) is 1. The van der Waals surface area contributed by atoms with Crippen LogP contribution in [0.15, 0.2) is 0 Å². The lowest BCUT2D eigenvalue weighted by Crippen LogP contribution is -2.32. The number of thioether (sulfide) groups is 1. The van der Waals surface area contributed by atoms with Crippen LogP contribution in [-0.4, -0.2) is 36.3 Å². The molecule has 0 aromatic carbocycles. The fourth-order valence-electron chi connectivity index (χ4n) is 1.38. The Hall–Kier alpha value is -0.220. The standard InChI is InChI=1S/C8H14O3S/c1-12-5-3-8(7(9)10)2-4-11-6-8/h2-6H2,1H3,(H,9,10). The van der Waals surface area contributed by atoms with Gasteiger partial charge >= 0.3 is 5.97 Å². The quantitative estimate of drug-likeness (QED) is 0.724. The minimum atomic E-state index is -0.700. The molecule has 1 rings (SSSR count). The van der Waals surface area contributed by atoms with Gasteiger partial charge in [-0.25, -0.2) is 0 Å². The number of aliphatic carboxylic acids is 1. The van der Waals surface area contributed by atoms with Crippen molar-refractivity contribution >= 4 is 17.7 Å². The smallest absolute Gasteiger partial charge is 0.312 e. The second kappa shape index (κ2) is 4.14. The molecule has 0 radical (unpaired) electrons. The van der Waals surface area contributed by atoms with E-state index in [1.807, 2.05) is 6.26 Å². The highest BCUT2D eigenvalue weighted by molar-refractivity contribution is 7.98. The van der Waals surface area contributed by atoms with Crippen LogP contribution in [0.25, 0.3) is 0 Å². The molecule has 0 amide bonds. The van der Waals surface area contributed by atoms with Crippen LogP contribution < -0.4 is 0 Å². The Morgan fingerprint density at radius 3 is 2.92 bits per heavy atom. The molecular formula is C8H14O3S. The van der Waals surface area contributed by atoms with Gasteiger partial charge in [-0.15, -0.1) is 0 Å². The molecule has 0 spiro atoms. The van der Waals surface area contributed by atoms with Crippen LogP contribution in [0.2, 0.25) is 0 Å². The zero-order valence-corrected chi connectivity index (χ0v) is 8.02. The molecule has 1 saturated heterocycles. The Morgan fingerprint density at radius 2 is 2.50 bits per heavy atom. The molecule has 1 N–H and O–H groups in total. The van der Waals surface area contributed by atoms with E-state index in [4.69, 9.17) is 9.84 Å². The van der Waals surface area contributed by atoms with Gasteiger partial charge in [0.15, 0.2) is 0 Å². The lowest BCUT2D eigenvalue weighted by atomic mass is 9.85. The van der Waals surface area contributed by atoms with Gasteiger partial charge in [0.1, 0.15) is 0 Å². The van der Waals surface area contributed by atoms with E-state index in [0.29, 0.717) is 19.6 Å². The van der Waals surface area contributed by atoms with E-state index in [0.717, 1.165) is 12.2 Å². The van der Waals surface area contributed by atoms with E-state index in [9.17, 15) is 4.79 Å². The summed E-state index contributed by atoms with van der Waals surface area (Å²) >= 11 is 1.69. The molecule has 0 aromatic heterocycles. The molecule has 1 atom stereocenters. The van der Waals surface area contributed by atoms with Crippen molar-refractivity contribution in [2.24, 2.45) is 5.41 Å². The Labute approximate surface area is 76.5 Å². The lowest BCUT2D eigenvalue weighted by Gasteiger charge is -2.20. The van der Waals surface area contributed by atoms with Crippen molar-refractivity contribution in [1.29, 1.82) is 0 Å². The Bertz CT molecular complexity index is 164. The molecule has 1 fully saturated rings. The van der Waals surface area contributed by atoms with E-state index < -0.39 is 11.4 Å². The second-order valence-electron chi connectivity index (χ2n) is 3.13. The van der Waals surface area contributed by atoms with E-state index in [-0.39, 0.29) is 0 Å². The fraction of sp³-hybridized carbons (Fsp3) is 0.875. The van der Waals surface area contributed by atoms with Crippen molar-refractivity contribution < 1.29 is 14.6 Å². The van der Waals surface area contributed by atoms with E-state index >= 15 is 0 Å². The van der Waals surface area contributed by atoms with Crippen LogP contribution in [0.4, 0.5) is 0 Å². The molecule has 4 heteroatoms. The molecule has 0 saturated carbocycles. The molecule has 1 aliphatic rings. The van der Waals surface area contributed by atoms with Gasteiger partial charge < -0.3 is 9.84 Å². The summed E-state index contributed by atoms with van der Waals surface area (Å²) in [5.74, 6) is 0.199. The summed E-state index contributed by atoms with van der Waals surface area (Å²) in [6.45, 7) is 0.990. The Balaban J connectivity index is 2.53. The molecule has 0 aromatic rings. The molecule has 70 valence electrons. The average Bonchev–Trinajstić information content (AvgIpc) is 2.50. The average molecular weight is 190 g/mol. The van der Waals surface area contributed by atoms with Crippen molar-refractivity contribution in [1.82, 2.24) is 0 Å². The number of hydrogen-bond acceptors (Lipinski definition) is 3. The molecule has 1 unspecified atom stereocenters. The molecule has 3 nitrogen and oxygen atoms in total. The van der Waals surface area contributed by atoms with Crippen molar-refractivity contribution in [3.8, 4) is 0 Å². The Kier molecular flexibility index (Phi) is 3.40. The number of carboxylic acids is 1. The molecule has 12 heavy (non-hydrogen) atoms. The second-order valence-corrected chi connectivity index (χ2v) is 4.12. The summed E-state index contributed by atoms with van der Waals surface area (Å²) in [7, 11) is 0. The topological polar surface area (TPSA) is 46.5 Å². The van der Waals surface area contributed by atoms with Gasteiger partial charge in [-0.2, -0.15) is 11.8 Å². The Morgan fingerprint density at radius 1 is 1.75 bits per heavy atom. The summed E-state index contributed by atoms with van der Waals surface area (Å²) in [6.07, 6.45) is 3.39. The predicted octanol–water partition coefficient (Wildman–Crippen LogP) is 1.23. The first kappa shape index (κ1) is 9.86. The van der Waals surface area contributed by atoms with E-state index in [2.05, 4.69) is 0 Å². The zero-order chi connectivity index (χ0) is 9.03. The summed E-state index contributed by atoms with van der Waals surface area (Å²) < 4.78 is 5.13. The van der Waals surface area contributed by atoms with Gasteiger partial charge in [0.2, 0.25) is 0 Å². The number of carbonyl (C=O) groups is 1. The van der Waals surface area contributed by atoms with Gasteiger partial charge in [0.25, 0.3) is 0 Å². The van der Waals surface area contributed by atoms with Gasteiger partial charge in [-0.1, -0.05) is 0 Å². The van der Waals surface area contributed by atoms with Gasteiger partial charge in [-0.3, -0.25) is 4.79 Å². The molecule has 1 aliphatic heterocycles. The summed E-state index contributed by atoms with van der Waals surface area (Å²) in [5, 5.41) is 9.00. The minimum absolute atomic E-state index is 0.392. The number of rotatable bonds is 4. The van der Waals surface area contributed by atoms with Crippen molar-refractivity contribution in [2.45, 2.75) is 12.8 Å². The normalized spacial score (nSPS) is 29.1. The first-order valence-electron chi connectivity index (χ1n) is 4.01. The van der Waals surface area contributed by atoms with Crippen molar-refractivity contribution in [3.63, 3.8) is 0 Å². The monoisotopic (exact) mass is 190 g/mol. The molecule has 1 heterocycles. The minimum Gasteiger partial charge on any atom is -0.481 e. The lowest BCUT2D eigenvalue weighted by molar-refractivity contribution is -0.149. The van der Waals surface area contributed by atoms with Crippen LogP contribution >= 0.6 is 11.8 Å². The number of ether oxygens (including phenoxy) is 1. The van der Waals surface area contributed by atoms with Crippen molar-refractivity contribution in [2.75, 3.05) is 25.2 Å². The predicted molar refractivity (Wildman–Crippen MR) is 48.5 cm³/mol. The highest BCUT2D eigenvalue weighted by Gasteiger charge is 2.41.